The number of fused-ring (bicyclic) bond motifs is 2. The van der Waals surface area contributed by atoms with Crippen LogP contribution in [0.15, 0.2) is 42.7 Å². The Bertz CT molecular complexity index is 1240. The van der Waals surface area contributed by atoms with Gasteiger partial charge in [-0.15, -0.1) is 0 Å². The summed E-state index contributed by atoms with van der Waals surface area (Å²) in [5, 5.41) is 15.8. The van der Waals surface area contributed by atoms with Gasteiger partial charge in [-0.25, -0.2) is 4.98 Å². The van der Waals surface area contributed by atoms with Gasteiger partial charge in [0.05, 0.1) is 18.7 Å². The molecule has 3 aromatic rings. The molecule has 0 aliphatic carbocycles. The lowest BCUT2D eigenvalue weighted by Gasteiger charge is -2.30. The predicted octanol–water partition coefficient (Wildman–Crippen LogP) is 4.29. The smallest absolute Gasteiger partial charge is 0.248 e. The molecule has 1 fully saturated rings. The van der Waals surface area contributed by atoms with Crippen LogP contribution in [0.4, 0.5) is 17.2 Å². The van der Waals surface area contributed by atoms with Gasteiger partial charge < -0.3 is 29.7 Å². The minimum atomic E-state index is 0.119. The van der Waals surface area contributed by atoms with Crippen molar-refractivity contribution in [3.63, 3.8) is 0 Å². The number of piperidine rings is 1. The molecule has 5 rings (SSSR count). The van der Waals surface area contributed by atoms with E-state index in [-0.39, 0.29) is 6.10 Å². The molecule has 1 aromatic heterocycles. The molecule has 1 saturated heterocycles. The second-order valence-corrected chi connectivity index (χ2v) is 8.43. The third-order valence-electron chi connectivity index (χ3n) is 5.95. The van der Waals surface area contributed by atoms with Gasteiger partial charge in [-0.3, -0.25) is 0 Å². The van der Waals surface area contributed by atoms with E-state index in [1.54, 1.807) is 19.2 Å². The molecule has 1 atom stereocenters. The second-order valence-electron chi connectivity index (χ2n) is 8.43. The molecule has 0 amide bonds. The van der Waals surface area contributed by atoms with Crippen molar-refractivity contribution in [2.75, 3.05) is 37.9 Å². The largest absolute Gasteiger partial charge is 0.493 e. The lowest BCUT2D eigenvalue weighted by molar-refractivity contribution is 0.101. The van der Waals surface area contributed by atoms with Gasteiger partial charge in [0.1, 0.15) is 23.9 Å². The number of rotatable bonds is 5. The zero-order valence-electron chi connectivity index (χ0n) is 19.2. The van der Waals surface area contributed by atoms with E-state index in [4.69, 9.17) is 14.2 Å². The average Bonchev–Trinajstić information content (AvgIpc) is 3.03. The van der Waals surface area contributed by atoms with Gasteiger partial charge in [-0.05, 0) is 50.7 Å². The second kappa shape index (κ2) is 9.45. The van der Waals surface area contributed by atoms with Crippen LogP contribution in [0.1, 0.15) is 24.0 Å². The summed E-state index contributed by atoms with van der Waals surface area (Å²) in [4.78, 5) is 11.0. The van der Waals surface area contributed by atoms with Crippen molar-refractivity contribution in [1.29, 1.82) is 5.26 Å². The first-order valence-corrected chi connectivity index (χ1v) is 11.2. The zero-order chi connectivity index (χ0) is 23.5. The molecule has 9 nitrogen and oxygen atoms in total. The molecule has 2 aliphatic heterocycles. The van der Waals surface area contributed by atoms with Gasteiger partial charge in [0.25, 0.3) is 0 Å². The van der Waals surface area contributed by atoms with Crippen LogP contribution in [-0.2, 0) is 6.54 Å². The van der Waals surface area contributed by atoms with Crippen LogP contribution in [0.2, 0.25) is 0 Å². The van der Waals surface area contributed by atoms with Crippen molar-refractivity contribution in [2.24, 2.45) is 0 Å². The molecule has 0 radical (unpaired) electrons. The number of likely N-dealkylation sites (tertiary alicyclic amines) is 1. The Morgan fingerprint density at radius 1 is 1.24 bits per heavy atom. The van der Waals surface area contributed by atoms with E-state index in [0.717, 1.165) is 37.2 Å². The van der Waals surface area contributed by atoms with Crippen LogP contribution in [0, 0.1) is 11.3 Å². The molecule has 9 heteroatoms. The number of anilines is 3. The molecular formula is C25H26N6O3. The van der Waals surface area contributed by atoms with Crippen molar-refractivity contribution >= 4 is 17.2 Å². The number of benzene rings is 2. The Balaban J connectivity index is 1.41. The Labute approximate surface area is 198 Å². The van der Waals surface area contributed by atoms with E-state index < -0.39 is 0 Å². The quantitative estimate of drug-likeness (QED) is 0.579. The first kappa shape index (κ1) is 21.8. The number of nitriles is 1. The fraction of sp³-hybridized carbons (Fsp3) is 0.320. The van der Waals surface area contributed by atoms with Crippen molar-refractivity contribution in [2.45, 2.75) is 25.5 Å². The third kappa shape index (κ3) is 4.54. The van der Waals surface area contributed by atoms with Crippen molar-refractivity contribution < 1.29 is 14.2 Å². The highest BCUT2D eigenvalue weighted by Gasteiger charge is 2.24. The lowest BCUT2D eigenvalue weighted by atomic mass is 10.1. The van der Waals surface area contributed by atoms with Crippen molar-refractivity contribution in [1.82, 2.24) is 14.9 Å². The van der Waals surface area contributed by atoms with E-state index in [9.17, 15) is 5.26 Å². The predicted molar refractivity (Wildman–Crippen MR) is 128 cm³/mol. The number of ether oxygens (including phenoxy) is 3. The molecule has 0 spiro atoms. The van der Waals surface area contributed by atoms with E-state index in [0.29, 0.717) is 46.7 Å². The molecule has 0 bridgehead atoms. The number of hydrogen-bond acceptors (Lipinski definition) is 9. The average molecular weight is 459 g/mol. The number of aromatic nitrogens is 2. The van der Waals surface area contributed by atoms with Crippen LogP contribution < -0.4 is 24.8 Å². The summed E-state index contributed by atoms with van der Waals surface area (Å²) in [6, 6.07) is 13.2. The highest BCUT2D eigenvalue weighted by atomic mass is 16.5. The third-order valence-corrected chi connectivity index (χ3v) is 5.95. The molecule has 34 heavy (non-hydrogen) atoms. The van der Waals surface area contributed by atoms with Gasteiger partial charge in [-0.2, -0.15) is 10.2 Å². The fourth-order valence-electron chi connectivity index (χ4n) is 4.25. The van der Waals surface area contributed by atoms with Gasteiger partial charge >= 0.3 is 0 Å². The lowest BCUT2D eigenvalue weighted by Crippen LogP contribution is -2.38. The summed E-state index contributed by atoms with van der Waals surface area (Å²) in [7, 11) is 3.74. The maximum Gasteiger partial charge on any atom is 0.248 e. The van der Waals surface area contributed by atoms with Crippen LogP contribution in [0.25, 0.3) is 0 Å². The van der Waals surface area contributed by atoms with Crippen LogP contribution in [-0.4, -0.2) is 48.2 Å². The zero-order valence-corrected chi connectivity index (χ0v) is 19.2. The first-order chi connectivity index (χ1) is 16.6. The van der Waals surface area contributed by atoms with Crippen LogP contribution >= 0.6 is 0 Å². The molecule has 3 heterocycles. The standard InChI is InChI=1S/C25H26N6O3/c1-31-8-4-7-19(14-31)33-22-10-17-13-27-23-24(30-18-6-3-5-16(9-18)12-26)28-15-29-25(23)34-20(17)11-21(22)32-2/h3,5-6,9-11,15,19,27H,4,7-8,13-14H2,1-2H3,(H,28,29,30). The number of methoxy groups -OCH3 is 1. The Hall–Kier alpha value is -4.03. The molecular weight excluding hydrogens is 432 g/mol. The Morgan fingerprint density at radius 3 is 2.97 bits per heavy atom. The van der Waals surface area contributed by atoms with Crippen molar-refractivity contribution in [3.8, 4) is 29.2 Å². The monoisotopic (exact) mass is 458 g/mol. The SMILES string of the molecule is COc1cc2c(cc1OC1CCCN(C)C1)CNc1c(Nc3cccc(C#N)c3)ncnc1O2. The minimum absolute atomic E-state index is 0.119. The number of likely N-dealkylation sites (N-methyl/N-ethyl adjacent to an activating group) is 1. The number of hydrogen-bond donors (Lipinski definition) is 2. The minimum Gasteiger partial charge on any atom is -0.493 e. The number of nitrogens with zero attached hydrogens (tertiary/aromatic N) is 4. The molecule has 1 unspecified atom stereocenters. The van der Waals surface area contributed by atoms with Crippen molar-refractivity contribution in [3.05, 3.63) is 53.9 Å². The molecule has 174 valence electrons. The summed E-state index contributed by atoms with van der Waals surface area (Å²) < 4.78 is 18.1. The van der Waals surface area contributed by atoms with E-state index in [1.807, 2.05) is 24.3 Å². The highest BCUT2D eigenvalue weighted by molar-refractivity contribution is 5.76. The number of nitrogens with one attached hydrogen (secondary N) is 2. The summed E-state index contributed by atoms with van der Waals surface area (Å²) in [5.74, 6) is 2.93. The Morgan fingerprint density at radius 2 is 2.15 bits per heavy atom. The van der Waals surface area contributed by atoms with Crippen LogP contribution in [0.3, 0.4) is 0 Å². The molecule has 2 aliphatic rings. The summed E-state index contributed by atoms with van der Waals surface area (Å²) in [6.07, 6.45) is 3.69. The normalized spacial score (nSPS) is 17.1. The van der Waals surface area contributed by atoms with E-state index in [2.05, 4.69) is 38.6 Å². The summed E-state index contributed by atoms with van der Waals surface area (Å²) in [6.45, 7) is 2.47. The maximum atomic E-state index is 9.18. The van der Waals surface area contributed by atoms with Gasteiger partial charge in [0.15, 0.2) is 17.3 Å². The topological polar surface area (TPSA) is 105 Å². The van der Waals surface area contributed by atoms with Gasteiger partial charge in [0.2, 0.25) is 5.88 Å². The van der Waals surface area contributed by atoms with E-state index >= 15 is 0 Å². The Kier molecular flexibility index (Phi) is 6.06. The fourth-order valence-corrected chi connectivity index (χ4v) is 4.25. The van der Waals surface area contributed by atoms with Crippen LogP contribution in [0.5, 0.6) is 23.1 Å². The molecule has 0 saturated carbocycles. The first-order valence-electron chi connectivity index (χ1n) is 11.2. The molecule has 2 N–H and O–H groups in total. The van der Waals surface area contributed by atoms with Gasteiger partial charge in [0, 0.05) is 30.4 Å². The summed E-state index contributed by atoms with van der Waals surface area (Å²) in [5.41, 5.74) is 2.87. The summed E-state index contributed by atoms with van der Waals surface area (Å²) >= 11 is 0. The van der Waals surface area contributed by atoms with Gasteiger partial charge in [-0.1, -0.05) is 6.07 Å². The highest BCUT2D eigenvalue weighted by Crippen LogP contribution is 2.43. The molecule has 2 aromatic carbocycles. The maximum absolute atomic E-state index is 9.18. The van der Waals surface area contributed by atoms with E-state index in [1.165, 1.54) is 6.33 Å².